The molecule has 0 aliphatic rings. The molecule has 3 aromatic rings. The summed E-state index contributed by atoms with van der Waals surface area (Å²) in [5.74, 6) is 0.734. The number of anilines is 1. The van der Waals surface area contributed by atoms with Crippen LogP contribution in [0.3, 0.4) is 0 Å². The van der Waals surface area contributed by atoms with Gasteiger partial charge in [0, 0.05) is 18.5 Å². The second kappa shape index (κ2) is 5.89. The minimum atomic E-state index is -0.183. The number of amides is 2. The van der Waals surface area contributed by atoms with E-state index < -0.39 is 0 Å². The summed E-state index contributed by atoms with van der Waals surface area (Å²) in [6.45, 7) is 2.22. The van der Waals surface area contributed by atoms with Crippen molar-refractivity contribution in [2.45, 2.75) is 13.5 Å². The van der Waals surface area contributed by atoms with Gasteiger partial charge in [0.2, 0.25) is 0 Å². The first-order valence-corrected chi connectivity index (χ1v) is 7.05. The highest BCUT2D eigenvalue weighted by atomic mass is 16.5. The molecule has 22 heavy (non-hydrogen) atoms. The number of benzene rings is 2. The van der Waals surface area contributed by atoms with Crippen LogP contribution in [0.4, 0.5) is 10.5 Å². The molecule has 1 heterocycles. The van der Waals surface area contributed by atoms with Gasteiger partial charge in [-0.3, -0.25) is 0 Å². The van der Waals surface area contributed by atoms with Gasteiger partial charge in [-0.05, 0) is 18.4 Å². The van der Waals surface area contributed by atoms with Crippen molar-refractivity contribution in [3.63, 3.8) is 0 Å². The van der Waals surface area contributed by atoms with Crippen molar-refractivity contribution < 1.29 is 9.32 Å². The Morgan fingerprint density at radius 3 is 2.77 bits per heavy atom. The average Bonchev–Trinajstić information content (AvgIpc) is 2.92. The first-order valence-electron chi connectivity index (χ1n) is 7.05. The summed E-state index contributed by atoms with van der Waals surface area (Å²) in [6, 6.07) is 15.4. The van der Waals surface area contributed by atoms with Crippen molar-refractivity contribution in [2.75, 3.05) is 12.4 Å². The number of fused-ring (bicyclic) bond motifs is 1. The largest absolute Gasteiger partial charge is 0.361 e. The Bertz CT molecular complexity index is 805. The van der Waals surface area contributed by atoms with Crippen LogP contribution in [0.1, 0.15) is 11.5 Å². The van der Waals surface area contributed by atoms with Crippen LogP contribution >= 0.6 is 0 Å². The number of hydrogen-bond donors (Lipinski definition) is 1. The van der Waals surface area contributed by atoms with Gasteiger partial charge in [-0.1, -0.05) is 41.6 Å². The lowest BCUT2D eigenvalue weighted by Crippen LogP contribution is -2.31. The van der Waals surface area contributed by atoms with Gasteiger partial charge in [-0.25, -0.2) is 4.79 Å². The highest BCUT2D eigenvalue weighted by Gasteiger charge is 2.12. The topological polar surface area (TPSA) is 58.4 Å². The van der Waals surface area contributed by atoms with E-state index >= 15 is 0 Å². The number of nitrogens with one attached hydrogen (secondary N) is 1. The Morgan fingerprint density at radius 1 is 1.23 bits per heavy atom. The summed E-state index contributed by atoms with van der Waals surface area (Å²) in [6.07, 6.45) is 0. The van der Waals surface area contributed by atoms with Gasteiger partial charge < -0.3 is 14.7 Å². The summed E-state index contributed by atoms with van der Waals surface area (Å²) in [5.41, 5.74) is 1.53. The van der Waals surface area contributed by atoms with Gasteiger partial charge in [0.15, 0.2) is 0 Å². The zero-order valence-electron chi connectivity index (χ0n) is 12.5. The minimum absolute atomic E-state index is 0.183. The molecule has 0 saturated heterocycles. The standard InChI is InChI=1S/C17H17N3O2/c1-12-10-14(19-22-12)11-20(2)17(21)18-16-9-5-7-13-6-3-4-8-15(13)16/h3-10H,11H2,1-2H3,(H,18,21). The van der Waals surface area contributed by atoms with Crippen molar-refractivity contribution in [3.8, 4) is 0 Å². The van der Waals surface area contributed by atoms with Crippen LogP contribution in [0, 0.1) is 6.92 Å². The molecule has 2 amide bonds. The van der Waals surface area contributed by atoms with E-state index in [-0.39, 0.29) is 6.03 Å². The molecular weight excluding hydrogens is 278 g/mol. The fraction of sp³-hybridized carbons (Fsp3) is 0.176. The number of carbonyl (C=O) groups is 1. The summed E-state index contributed by atoms with van der Waals surface area (Å²) >= 11 is 0. The zero-order valence-corrected chi connectivity index (χ0v) is 12.5. The molecule has 0 fully saturated rings. The monoisotopic (exact) mass is 295 g/mol. The van der Waals surface area contributed by atoms with E-state index in [2.05, 4.69) is 10.5 Å². The molecule has 0 aliphatic carbocycles. The van der Waals surface area contributed by atoms with E-state index in [0.29, 0.717) is 6.54 Å². The molecule has 0 bridgehead atoms. The average molecular weight is 295 g/mol. The van der Waals surface area contributed by atoms with Crippen molar-refractivity contribution >= 4 is 22.5 Å². The van der Waals surface area contributed by atoms with Crippen LogP contribution in [0.25, 0.3) is 10.8 Å². The smallest absolute Gasteiger partial charge is 0.321 e. The van der Waals surface area contributed by atoms with Gasteiger partial charge in [-0.2, -0.15) is 0 Å². The Morgan fingerprint density at radius 2 is 2.00 bits per heavy atom. The Kier molecular flexibility index (Phi) is 3.78. The fourth-order valence-corrected chi connectivity index (χ4v) is 2.35. The summed E-state index contributed by atoms with van der Waals surface area (Å²) < 4.78 is 5.01. The molecule has 5 nitrogen and oxygen atoms in total. The van der Waals surface area contributed by atoms with E-state index in [9.17, 15) is 4.79 Å². The summed E-state index contributed by atoms with van der Waals surface area (Å²) in [4.78, 5) is 13.9. The van der Waals surface area contributed by atoms with Gasteiger partial charge in [0.1, 0.15) is 11.5 Å². The van der Waals surface area contributed by atoms with Crippen molar-refractivity contribution in [3.05, 3.63) is 60.0 Å². The van der Waals surface area contributed by atoms with Gasteiger partial charge in [0.25, 0.3) is 0 Å². The molecule has 5 heteroatoms. The Balaban J connectivity index is 1.75. The first kappa shape index (κ1) is 14.1. The predicted molar refractivity (Wildman–Crippen MR) is 85.7 cm³/mol. The van der Waals surface area contributed by atoms with Crippen LogP contribution in [-0.4, -0.2) is 23.1 Å². The number of aromatic nitrogens is 1. The van der Waals surface area contributed by atoms with Gasteiger partial charge in [0.05, 0.1) is 12.2 Å². The van der Waals surface area contributed by atoms with Crippen LogP contribution in [0.5, 0.6) is 0 Å². The SMILES string of the molecule is Cc1cc(CN(C)C(=O)Nc2cccc3ccccc23)no1. The van der Waals surface area contributed by atoms with E-state index in [1.54, 1.807) is 11.9 Å². The van der Waals surface area contributed by atoms with E-state index in [0.717, 1.165) is 27.9 Å². The molecule has 2 aromatic carbocycles. The molecule has 1 aromatic heterocycles. The number of carbonyl (C=O) groups excluding carboxylic acids is 1. The van der Waals surface area contributed by atoms with Crippen LogP contribution in [0.15, 0.2) is 53.1 Å². The lowest BCUT2D eigenvalue weighted by Gasteiger charge is -2.17. The fourth-order valence-electron chi connectivity index (χ4n) is 2.35. The van der Waals surface area contributed by atoms with E-state index in [4.69, 9.17) is 4.52 Å². The second-order valence-electron chi connectivity index (χ2n) is 5.24. The maximum atomic E-state index is 12.3. The maximum absolute atomic E-state index is 12.3. The number of nitrogens with zero attached hydrogens (tertiary/aromatic N) is 2. The quantitative estimate of drug-likeness (QED) is 0.799. The highest BCUT2D eigenvalue weighted by Crippen LogP contribution is 2.23. The predicted octanol–water partition coefficient (Wildman–Crippen LogP) is 3.80. The lowest BCUT2D eigenvalue weighted by atomic mass is 10.1. The number of rotatable bonds is 3. The molecule has 0 radical (unpaired) electrons. The van der Waals surface area contributed by atoms with Gasteiger partial charge in [-0.15, -0.1) is 0 Å². The molecule has 1 N–H and O–H groups in total. The molecule has 0 atom stereocenters. The lowest BCUT2D eigenvalue weighted by molar-refractivity contribution is 0.219. The minimum Gasteiger partial charge on any atom is -0.361 e. The van der Waals surface area contributed by atoms with Crippen LogP contribution in [0.2, 0.25) is 0 Å². The molecule has 0 spiro atoms. The third kappa shape index (κ3) is 2.93. The number of aryl methyl sites for hydroxylation is 1. The highest BCUT2D eigenvalue weighted by molar-refractivity contribution is 6.01. The molecule has 3 rings (SSSR count). The zero-order chi connectivity index (χ0) is 15.5. The summed E-state index contributed by atoms with van der Waals surface area (Å²) in [5, 5.41) is 8.95. The van der Waals surface area contributed by atoms with Gasteiger partial charge >= 0.3 is 6.03 Å². The molecule has 0 saturated carbocycles. The van der Waals surface area contributed by atoms with Crippen LogP contribution < -0.4 is 5.32 Å². The van der Waals surface area contributed by atoms with E-state index in [1.165, 1.54) is 0 Å². The van der Waals surface area contributed by atoms with Crippen molar-refractivity contribution in [1.29, 1.82) is 0 Å². The third-order valence-electron chi connectivity index (χ3n) is 3.45. The van der Waals surface area contributed by atoms with E-state index in [1.807, 2.05) is 55.5 Å². The van der Waals surface area contributed by atoms with Crippen LogP contribution in [-0.2, 0) is 6.54 Å². The maximum Gasteiger partial charge on any atom is 0.321 e. The van der Waals surface area contributed by atoms with Crippen molar-refractivity contribution in [2.24, 2.45) is 0 Å². The number of urea groups is 1. The van der Waals surface area contributed by atoms with Crippen molar-refractivity contribution in [1.82, 2.24) is 10.1 Å². The Hall–Kier alpha value is -2.82. The molecular formula is C17H17N3O2. The molecule has 112 valence electrons. The third-order valence-corrected chi connectivity index (χ3v) is 3.45. The summed E-state index contributed by atoms with van der Waals surface area (Å²) in [7, 11) is 1.73. The normalized spacial score (nSPS) is 10.6. The second-order valence-corrected chi connectivity index (χ2v) is 5.24. The number of hydrogen-bond acceptors (Lipinski definition) is 3. The molecule has 0 unspecified atom stereocenters. The molecule has 0 aliphatic heterocycles. The Labute approximate surface area is 128 Å². The first-order chi connectivity index (χ1) is 10.6.